The van der Waals surface area contributed by atoms with Crippen molar-refractivity contribution < 1.29 is 9.59 Å². The zero-order valence-corrected chi connectivity index (χ0v) is 20.6. The van der Waals surface area contributed by atoms with Crippen LogP contribution in [0.15, 0.2) is 78.9 Å². The van der Waals surface area contributed by atoms with Crippen molar-refractivity contribution in [1.82, 2.24) is 19.8 Å². The van der Waals surface area contributed by atoms with E-state index in [4.69, 9.17) is 4.98 Å². The van der Waals surface area contributed by atoms with Gasteiger partial charge in [-0.15, -0.1) is 0 Å². The summed E-state index contributed by atoms with van der Waals surface area (Å²) in [4.78, 5) is 33.1. The van der Waals surface area contributed by atoms with Gasteiger partial charge in [-0.1, -0.05) is 54.6 Å². The van der Waals surface area contributed by atoms with Gasteiger partial charge in [0, 0.05) is 25.8 Å². The Balaban J connectivity index is 1.34. The molecule has 0 radical (unpaired) electrons. The van der Waals surface area contributed by atoms with Gasteiger partial charge in [0.05, 0.1) is 17.0 Å². The summed E-state index contributed by atoms with van der Waals surface area (Å²) in [6, 6.07) is 25.0. The number of anilines is 1. The first-order valence-corrected chi connectivity index (χ1v) is 12.4. The standard InChI is InChI=1S/C29H31N5O2/c1-20-10-8-14-23(18-20)30-29(36)34-17-9-13-22(19-34)28(35)32-26(21-11-4-3-5-12-21)27-31-24-15-6-7-16-25(24)33(27)2/h3-8,10-12,14-16,18,22,26H,9,13,17,19H2,1-2H3,(H,30,36)(H,32,35). The third-order valence-corrected chi connectivity index (χ3v) is 6.85. The highest BCUT2D eigenvalue weighted by Gasteiger charge is 2.31. The molecule has 1 aromatic heterocycles. The molecular formula is C29H31N5O2. The first-order chi connectivity index (χ1) is 17.5. The van der Waals surface area contributed by atoms with Crippen molar-refractivity contribution in [2.75, 3.05) is 18.4 Å². The molecule has 1 aliphatic heterocycles. The molecule has 2 unspecified atom stereocenters. The number of aromatic nitrogens is 2. The van der Waals surface area contributed by atoms with E-state index in [-0.39, 0.29) is 17.9 Å². The lowest BCUT2D eigenvalue weighted by molar-refractivity contribution is -0.126. The average Bonchev–Trinajstić information content (AvgIpc) is 3.24. The van der Waals surface area contributed by atoms with Gasteiger partial charge in [-0.25, -0.2) is 9.78 Å². The summed E-state index contributed by atoms with van der Waals surface area (Å²) in [7, 11) is 1.98. The van der Waals surface area contributed by atoms with Crippen LogP contribution in [0.25, 0.3) is 11.0 Å². The third kappa shape index (κ3) is 4.96. The molecule has 0 saturated carbocycles. The number of hydrogen-bond acceptors (Lipinski definition) is 3. The Morgan fingerprint density at radius 1 is 1.00 bits per heavy atom. The second-order valence-corrected chi connectivity index (χ2v) is 9.45. The highest BCUT2D eigenvalue weighted by atomic mass is 16.2. The fourth-order valence-corrected chi connectivity index (χ4v) is 4.93. The second kappa shape index (κ2) is 10.2. The van der Waals surface area contributed by atoms with Gasteiger partial charge in [-0.3, -0.25) is 4.79 Å². The largest absolute Gasteiger partial charge is 0.342 e. The topological polar surface area (TPSA) is 79.3 Å². The third-order valence-electron chi connectivity index (χ3n) is 6.85. The van der Waals surface area contributed by atoms with Gasteiger partial charge >= 0.3 is 6.03 Å². The average molecular weight is 482 g/mol. The van der Waals surface area contributed by atoms with Crippen LogP contribution >= 0.6 is 0 Å². The molecule has 2 atom stereocenters. The molecule has 1 fully saturated rings. The number of hydrogen-bond donors (Lipinski definition) is 2. The molecule has 5 rings (SSSR count). The molecule has 0 spiro atoms. The molecule has 7 heteroatoms. The fourth-order valence-electron chi connectivity index (χ4n) is 4.93. The predicted octanol–water partition coefficient (Wildman–Crippen LogP) is 5.03. The van der Waals surface area contributed by atoms with Crippen molar-refractivity contribution in [3.8, 4) is 0 Å². The van der Waals surface area contributed by atoms with Crippen molar-refractivity contribution in [2.45, 2.75) is 25.8 Å². The normalized spacial score (nSPS) is 16.5. The Labute approximate surface area is 211 Å². The number of piperidine rings is 1. The smallest absolute Gasteiger partial charge is 0.321 e. The molecule has 1 saturated heterocycles. The zero-order chi connectivity index (χ0) is 25.1. The number of fused-ring (bicyclic) bond motifs is 1. The van der Waals surface area contributed by atoms with E-state index >= 15 is 0 Å². The van der Waals surface area contributed by atoms with E-state index in [2.05, 4.69) is 10.6 Å². The minimum Gasteiger partial charge on any atom is -0.342 e. The second-order valence-electron chi connectivity index (χ2n) is 9.45. The van der Waals surface area contributed by atoms with Crippen LogP contribution in [0.5, 0.6) is 0 Å². The molecule has 2 heterocycles. The summed E-state index contributed by atoms with van der Waals surface area (Å²) in [6.45, 7) is 3.01. The first-order valence-electron chi connectivity index (χ1n) is 12.4. The van der Waals surface area contributed by atoms with E-state index in [1.807, 2.05) is 97.4 Å². The molecule has 0 bridgehead atoms. The minimum absolute atomic E-state index is 0.0658. The van der Waals surface area contributed by atoms with Crippen molar-refractivity contribution >= 4 is 28.7 Å². The summed E-state index contributed by atoms with van der Waals surface area (Å²) < 4.78 is 2.04. The minimum atomic E-state index is -0.396. The number of rotatable bonds is 5. The fraction of sp³-hybridized carbons (Fsp3) is 0.276. The van der Waals surface area contributed by atoms with Gasteiger partial charge in [-0.2, -0.15) is 0 Å². The highest BCUT2D eigenvalue weighted by Crippen LogP contribution is 2.27. The van der Waals surface area contributed by atoms with Crippen LogP contribution in [0, 0.1) is 12.8 Å². The number of para-hydroxylation sites is 2. The molecular weight excluding hydrogens is 450 g/mol. The van der Waals surface area contributed by atoms with E-state index in [1.54, 1.807) is 4.90 Å². The van der Waals surface area contributed by atoms with Crippen LogP contribution in [0.3, 0.4) is 0 Å². The monoisotopic (exact) mass is 481 g/mol. The maximum atomic E-state index is 13.5. The van der Waals surface area contributed by atoms with Crippen molar-refractivity contribution in [2.24, 2.45) is 13.0 Å². The number of benzene rings is 3. The summed E-state index contributed by atoms with van der Waals surface area (Å²) in [5, 5.41) is 6.23. The molecule has 4 aromatic rings. The van der Waals surface area contributed by atoms with Gasteiger partial charge in [0.25, 0.3) is 0 Å². The number of nitrogens with zero attached hydrogens (tertiary/aromatic N) is 3. The van der Waals surface area contributed by atoms with Crippen molar-refractivity contribution in [3.05, 3.63) is 95.8 Å². The maximum Gasteiger partial charge on any atom is 0.321 e. The zero-order valence-electron chi connectivity index (χ0n) is 20.6. The number of nitrogens with one attached hydrogen (secondary N) is 2. The number of amides is 3. The molecule has 7 nitrogen and oxygen atoms in total. The van der Waals surface area contributed by atoms with Crippen molar-refractivity contribution in [1.29, 1.82) is 0 Å². The van der Waals surface area contributed by atoms with E-state index in [0.29, 0.717) is 13.1 Å². The maximum absolute atomic E-state index is 13.5. The highest BCUT2D eigenvalue weighted by molar-refractivity contribution is 5.90. The summed E-state index contributed by atoms with van der Waals surface area (Å²) >= 11 is 0. The number of imidazole rings is 1. The number of urea groups is 1. The van der Waals surface area contributed by atoms with Gasteiger partial charge in [0.15, 0.2) is 0 Å². The van der Waals surface area contributed by atoms with Crippen LogP contribution in [-0.4, -0.2) is 39.5 Å². The molecule has 3 amide bonds. The number of carbonyl (C=O) groups excluding carboxylic acids is 2. The summed E-state index contributed by atoms with van der Waals surface area (Å²) in [5.41, 5.74) is 4.71. The molecule has 3 aromatic carbocycles. The quantitative estimate of drug-likeness (QED) is 0.420. The Kier molecular flexibility index (Phi) is 6.71. The van der Waals surface area contributed by atoms with Gasteiger partial charge in [0.2, 0.25) is 5.91 Å². The van der Waals surface area contributed by atoms with E-state index in [9.17, 15) is 9.59 Å². The van der Waals surface area contributed by atoms with Crippen molar-refractivity contribution in [3.63, 3.8) is 0 Å². The Hall–Kier alpha value is -4.13. The van der Waals surface area contributed by atoms with Crippen LogP contribution in [0.2, 0.25) is 0 Å². The summed E-state index contributed by atoms with van der Waals surface area (Å²) in [5.74, 6) is 0.424. The Morgan fingerprint density at radius 3 is 2.56 bits per heavy atom. The van der Waals surface area contributed by atoms with Crippen LogP contribution in [0.4, 0.5) is 10.5 Å². The lowest BCUT2D eigenvalue weighted by atomic mass is 9.96. The first kappa shape index (κ1) is 23.6. The number of aryl methyl sites for hydroxylation is 2. The predicted molar refractivity (Wildman–Crippen MR) is 142 cm³/mol. The van der Waals surface area contributed by atoms with Gasteiger partial charge in [-0.05, 0) is 55.2 Å². The molecule has 0 aliphatic carbocycles. The number of likely N-dealkylation sites (tertiary alicyclic amines) is 1. The van der Waals surface area contributed by atoms with Gasteiger partial charge < -0.3 is 20.1 Å². The van der Waals surface area contributed by atoms with Gasteiger partial charge in [0.1, 0.15) is 11.9 Å². The van der Waals surface area contributed by atoms with Crippen LogP contribution in [0.1, 0.15) is 35.8 Å². The number of carbonyl (C=O) groups is 2. The van der Waals surface area contributed by atoms with E-state index in [0.717, 1.165) is 46.5 Å². The van der Waals surface area contributed by atoms with E-state index < -0.39 is 6.04 Å². The summed E-state index contributed by atoms with van der Waals surface area (Å²) in [6.07, 6.45) is 1.52. The Morgan fingerprint density at radius 2 is 1.78 bits per heavy atom. The lowest BCUT2D eigenvalue weighted by Crippen LogP contribution is -2.47. The molecule has 2 N–H and O–H groups in total. The SMILES string of the molecule is Cc1cccc(NC(=O)N2CCCC(C(=O)NC(c3ccccc3)c3nc4ccccc4n3C)C2)c1. The van der Waals surface area contributed by atoms with E-state index in [1.165, 1.54) is 0 Å². The molecule has 184 valence electrons. The lowest BCUT2D eigenvalue weighted by Gasteiger charge is -2.33. The Bertz CT molecular complexity index is 1380. The van der Waals surface area contributed by atoms with Crippen LogP contribution < -0.4 is 10.6 Å². The molecule has 36 heavy (non-hydrogen) atoms. The molecule has 1 aliphatic rings. The van der Waals surface area contributed by atoms with Crippen LogP contribution in [-0.2, 0) is 11.8 Å².